The lowest BCUT2D eigenvalue weighted by atomic mass is 10.1. The highest BCUT2D eigenvalue weighted by molar-refractivity contribution is 8.00. The van der Waals surface area contributed by atoms with Gasteiger partial charge >= 0.3 is 0 Å². The second-order valence-electron chi connectivity index (χ2n) is 6.14. The van der Waals surface area contributed by atoms with Crippen LogP contribution in [0.4, 0.5) is 5.69 Å². The maximum atomic E-state index is 12.1. The van der Waals surface area contributed by atoms with Crippen molar-refractivity contribution in [2.45, 2.75) is 11.4 Å². The van der Waals surface area contributed by atoms with Gasteiger partial charge in [-0.25, -0.2) is 0 Å². The van der Waals surface area contributed by atoms with E-state index in [9.17, 15) is 4.79 Å². The van der Waals surface area contributed by atoms with Crippen LogP contribution >= 0.6 is 11.8 Å². The number of carbonyl (C=O) groups excluding carboxylic acids is 1. The zero-order chi connectivity index (χ0) is 17.6. The smallest absolute Gasteiger partial charge is 0.230 e. The molecule has 3 aromatic carbocycles. The molecule has 3 aromatic rings. The number of benzene rings is 3. The number of anilines is 1. The summed E-state index contributed by atoms with van der Waals surface area (Å²) in [6, 6.07) is 22.8. The van der Waals surface area contributed by atoms with Crippen LogP contribution in [0.2, 0.25) is 0 Å². The number of fused-ring (bicyclic) bond motifs is 1. The fourth-order valence-electron chi connectivity index (χ4n) is 2.57. The molecule has 0 aliphatic carbocycles. The van der Waals surface area contributed by atoms with Crippen LogP contribution in [0.1, 0.15) is 5.56 Å². The van der Waals surface area contributed by atoms with Crippen LogP contribution in [0, 0.1) is 0 Å². The standard InChI is InChI=1S/C21H22N2OS/c1-23(2)19-10-7-16(8-11-19)14-22-21(24)15-25-20-12-9-17-5-3-4-6-18(17)13-20/h3-13H,14-15H2,1-2H3,(H,22,24). The van der Waals surface area contributed by atoms with Crippen molar-refractivity contribution in [2.24, 2.45) is 0 Å². The molecule has 0 aliphatic heterocycles. The van der Waals surface area contributed by atoms with Crippen LogP contribution in [0.25, 0.3) is 10.8 Å². The number of carbonyl (C=O) groups is 1. The van der Waals surface area contributed by atoms with Crippen LogP contribution < -0.4 is 10.2 Å². The Kier molecular flexibility index (Phi) is 5.61. The summed E-state index contributed by atoms with van der Waals surface area (Å²) in [5, 5.41) is 5.40. The summed E-state index contributed by atoms with van der Waals surface area (Å²) in [6.07, 6.45) is 0. The van der Waals surface area contributed by atoms with Gasteiger partial charge in [0, 0.05) is 31.2 Å². The molecule has 0 aromatic heterocycles. The summed E-state index contributed by atoms with van der Waals surface area (Å²) in [6.45, 7) is 0.560. The lowest BCUT2D eigenvalue weighted by Gasteiger charge is -2.13. The first kappa shape index (κ1) is 17.4. The minimum absolute atomic E-state index is 0.0508. The van der Waals surface area contributed by atoms with E-state index in [0.29, 0.717) is 12.3 Å². The van der Waals surface area contributed by atoms with E-state index in [1.807, 2.05) is 38.4 Å². The van der Waals surface area contributed by atoms with Gasteiger partial charge in [-0.3, -0.25) is 4.79 Å². The third kappa shape index (κ3) is 4.77. The van der Waals surface area contributed by atoms with E-state index in [-0.39, 0.29) is 5.91 Å². The Hall–Kier alpha value is -2.46. The Bertz CT molecular complexity index is 859. The SMILES string of the molecule is CN(C)c1ccc(CNC(=O)CSc2ccc3ccccc3c2)cc1. The number of hydrogen-bond acceptors (Lipinski definition) is 3. The fourth-order valence-corrected chi connectivity index (χ4v) is 3.34. The molecule has 1 amide bonds. The molecule has 0 saturated carbocycles. The molecule has 0 unspecified atom stereocenters. The molecule has 3 nitrogen and oxygen atoms in total. The largest absolute Gasteiger partial charge is 0.378 e. The number of rotatable bonds is 6. The number of hydrogen-bond donors (Lipinski definition) is 1. The number of amides is 1. The van der Waals surface area contributed by atoms with Crippen LogP contribution in [-0.2, 0) is 11.3 Å². The number of thioether (sulfide) groups is 1. The maximum absolute atomic E-state index is 12.1. The molecular formula is C21H22N2OS. The van der Waals surface area contributed by atoms with Crippen molar-refractivity contribution in [3.05, 3.63) is 72.3 Å². The van der Waals surface area contributed by atoms with Crippen molar-refractivity contribution >= 4 is 34.1 Å². The second kappa shape index (κ2) is 8.08. The van der Waals surface area contributed by atoms with E-state index in [2.05, 4.69) is 52.7 Å². The summed E-state index contributed by atoms with van der Waals surface area (Å²) in [4.78, 5) is 15.3. The lowest BCUT2D eigenvalue weighted by Crippen LogP contribution is -2.24. The first-order valence-electron chi connectivity index (χ1n) is 8.26. The summed E-state index contributed by atoms with van der Waals surface area (Å²) in [7, 11) is 4.03. The Morgan fingerprint density at radius 3 is 2.40 bits per heavy atom. The molecule has 128 valence electrons. The number of nitrogens with zero attached hydrogens (tertiary/aromatic N) is 1. The Labute approximate surface area is 153 Å². The van der Waals surface area contributed by atoms with Gasteiger partial charge in [-0.2, -0.15) is 0 Å². The monoisotopic (exact) mass is 350 g/mol. The molecule has 0 bridgehead atoms. The van der Waals surface area contributed by atoms with Gasteiger partial charge in [0.05, 0.1) is 5.75 Å². The molecule has 0 heterocycles. The van der Waals surface area contributed by atoms with Crippen LogP contribution in [0.5, 0.6) is 0 Å². The molecule has 0 radical (unpaired) electrons. The van der Waals surface area contributed by atoms with Gasteiger partial charge in [0.2, 0.25) is 5.91 Å². The highest BCUT2D eigenvalue weighted by Gasteiger charge is 2.04. The summed E-state index contributed by atoms with van der Waals surface area (Å²) in [5.74, 6) is 0.476. The van der Waals surface area contributed by atoms with Gasteiger partial charge in [0.1, 0.15) is 0 Å². The summed E-state index contributed by atoms with van der Waals surface area (Å²) in [5.41, 5.74) is 2.26. The molecule has 0 saturated heterocycles. The predicted molar refractivity (Wildman–Crippen MR) is 107 cm³/mol. The van der Waals surface area contributed by atoms with Crippen molar-refractivity contribution in [2.75, 3.05) is 24.7 Å². The highest BCUT2D eigenvalue weighted by atomic mass is 32.2. The molecule has 4 heteroatoms. The summed E-state index contributed by atoms with van der Waals surface area (Å²) >= 11 is 1.57. The molecule has 0 aliphatic rings. The van der Waals surface area contributed by atoms with E-state index < -0.39 is 0 Å². The first-order valence-corrected chi connectivity index (χ1v) is 9.25. The topological polar surface area (TPSA) is 32.3 Å². The van der Waals surface area contributed by atoms with Crippen molar-refractivity contribution in [1.29, 1.82) is 0 Å². The maximum Gasteiger partial charge on any atom is 0.230 e. The van der Waals surface area contributed by atoms with Crippen LogP contribution in [-0.4, -0.2) is 25.8 Å². The normalized spacial score (nSPS) is 10.6. The molecule has 0 spiro atoms. The molecule has 25 heavy (non-hydrogen) atoms. The molecule has 0 fully saturated rings. The van der Waals surface area contributed by atoms with Crippen molar-refractivity contribution in [1.82, 2.24) is 5.32 Å². The number of nitrogens with one attached hydrogen (secondary N) is 1. The quantitative estimate of drug-likeness (QED) is 0.672. The van der Waals surface area contributed by atoms with E-state index in [4.69, 9.17) is 0 Å². The van der Waals surface area contributed by atoms with Gasteiger partial charge in [0.15, 0.2) is 0 Å². The van der Waals surface area contributed by atoms with Gasteiger partial charge < -0.3 is 10.2 Å². The fraction of sp³-hybridized carbons (Fsp3) is 0.190. The van der Waals surface area contributed by atoms with Crippen molar-refractivity contribution < 1.29 is 4.79 Å². The lowest BCUT2D eigenvalue weighted by molar-refractivity contribution is -0.118. The third-order valence-corrected chi connectivity index (χ3v) is 5.03. The zero-order valence-electron chi connectivity index (χ0n) is 14.5. The summed E-state index contributed by atoms with van der Waals surface area (Å²) < 4.78 is 0. The van der Waals surface area contributed by atoms with E-state index in [1.54, 1.807) is 11.8 Å². The average Bonchev–Trinajstić information content (AvgIpc) is 2.65. The van der Waals surface area contributed by atoms with Crippen LogP contribution in [0.15, 0.2) is 71.6 Å². The predicted octanol–water partition coefficient (Wildman–Crippen LogP) is 4.31. The van der Waals surface area contributed by atoms with E-state index in [1.165, 1.54) is 10.8 Å². The van der Waals surface area contributed by atoms with Gasteiger partial charge in [0.25, 0.3) is 0 Å². The highest BCUT2D eigenvalue weighted by Crippen LogP contribution is 2.23. The Balaban J connectivity index is 1.50. The molecular weight excluding hydrogens is 328 g/mol. The minimum Gasteiger partial charge on any atom is -0.378 e. The molecule has 0 atom stereocenters. The first-order chi connectivity index (χ1) is 12.1. The molecule has 3 rings (SSSR count). The Morgan fingerprint density at radius 1 is 0.960 bits per heavy atom. The van der Waals surface area contributed by atoms with Gasteiger partial charge in [-0.15, -0.1) is 11.8 Å². The average molecular weight is 350 g/mol. The van der Waals surface area contributed by atoms with Gasteiger partial charge in [-0.1, -0.05) is 42.5 Å². The molecule has 1 N–H and O–H groups in total. The second-order valence-corrected chi connectivity index (χ2v) is 7.18. The third-order valence-electron chi connectivity index (χ3n) is 4.03. The van der Waals surface area contributed by atoms with E-state index in [0.717, 1.165) is 16.1 Å². The van der Waals surface area contributed by atoms with Crippen molar-refractivity contribution in [3.63, 3.8) is 0 Å². The van der Waals surface area contributed by atoms with Crippen LogP contribution in [0.3, 0.4) is 0 Å². The van der Waals surface area contributed by atoms with Crippen molar-refractivity contribution in [3.8, 4) is 0 Å². The van der Waals surface area contributed by atoms with E-state index >= 15 is 0 Å². The Morgan fingerprint density at radius 2 is 1.68 bits per heavy atom. The van der Waals surface area contributed by atoms with Gasteiger partial charge in [-0.05, 0) is 40.6 Å². The zero-order valence-corrected chi connectivity index (χ0v) is 15.3. The minimum atomic E-state index is 0.0508.